The Balaban J connectivity index is 1.60. The number of hydrogen-bond acceptors (Lipinski definition) is 7. The Labute approximate surface area is 186 Å². The van der Waals surface area contributed by atoms with Crippen molar-refractivity contribution in [2.75, 3.05) is 6.61 Å². The van der Waals surface area contributed by atoms with Gasteiger partial charge in [0, 0.05) is 5.56 Å². The van der Waals surface area contributed by atoms with Crippen molar-refractivity contribution in [1.29, 1.82) is 0 Å². The maximum Gasteiger partial charge on any atom is 0.312 e. The summed E-state index contributed by atoms with van der Waals surface area (Å²) in [7, 11) is 0. The number of nitrogens with zero attached hydrogens (tertiary/aromatic N) is 3. The molecule has 32 heavy (non-hydrogen) atoms. The predicted molar refractivity (Wildman–Crippen MR) is 119 cm³/mol. The second-order valence-corrected chi connectivity index (χ2v) is 7.26. The van der Waals surface area contributed by atoms with E-state index in [1.54, 1.807) is 12.1 Å². The molecule has 1 heterocycles. The van der Waals surface area contributed by atoms with Crippen molar-refractivity contribution in [3.8, 4) is 17.1 Å². The predicted octanol–water partition coefficient (Wildman–Crippen LogP) is 4.67. The topological polar surface area (TPSA) is 107 Å². The van der Waals surface area contributed by atoms with Gasteiger partial charge in [-0.15, -0.1) is 0 Å². The summed E-state index contributed by atoms with van der Waals surface area (Å²) >= 11 is 0. The quantitative estimate of drug-likeness (QED) is 0.343. The highest BCUT2D eigenvalue weighted by Crippen LogP contribution is 2.20. The largest absolute Gasteiger partial charge is 0.484 e. The van der Waals surface area contributed by atoms with E-state index in [1.807, 2.05) is 57.2 Å². The van der Waals surface area contributed by atoms with Gasteiger partial charge in [-0.05, 0) is 50.5 Å². The highest BCUT2D eigenvalue weighted by atomic mass is 16.6. The normalized spacial score (nSPS) is 12.4. The first-order chi connectivity index (χ1) is 15.5. The van der Waals surface area contributed by atoms with Gasteiger partial charge in [0.1, 0.15) is 18.3 Å². The molecule has 3 aromatic rings. The monoisotopic (exact) mass is 437 g/mol. The lowest BCUT2D eigenvalue weighted by Crippen LogP contribution is -2.26. The summed E-state index contributed by atoms with van der Waals surface area (Å²) in [5.74, 6) is -0.156. The van der Waals surface area contributed by atoms with Crippen LogP contribution < -0.4 is 4.74 Å². The van der Waals surface area contributed by atoms with Crippen LogP contribution in [0.3, 0.4) is 0 Å². The first kappa shape index (κ1) is 23.0. The van der Waals surface area contributed by atoms with Crippen molar-refractivity contribution in [2.45, 2.75) is 40.2 Å². The number of carboxylic acids is 1. The van der Waals surface area contributed by atoms with Gasteiger partial charge in [-0.3, -0.25) is 4.79 Å². The fourth-order valence-corrected chi connectivity index (χ4v) is 3.19. The second-order valence-electron chi connectivity index (χ2n) is 7.26. The molecule has 0 aliphatic rings. The zero-order valence-corrected chi connectivity index (χ0v) is 18.4. The number of oxime groups is 1. The average molecular weight is 437 g/mol. The number of aromatic nitrogens is 2. The number of rotatable bonds is 11. The molecule has 0 radical (unpaired) electrons. The van der Waals surface area contributed by atoms with Gasteiger partial charge in [0.25, 0.3) is 5.89 Å². The van der Waals surface area contributed by atoms with Crippen LogP contribution >= 0.6 is 0 Å². The van der Waals surface area contributed by atoms with Gasteiger partial charge < -0.3 is 19.2 Å². The van der Waals surface area contributed by atoms with Gasteiger partial charge in [-0.25, -0.2) is 0 Å². The molecular weight excluding hydrogens is 410 g/mol. The molecule has 0 aliphatic carbocycles. The van der Waals surface area contributed by atoms with Crippen LogP contribution in [-0.4, -0.2) is 33.5 Å². The molecule has 0 saturated heterocycles. The molecule has 0 amide bonds. The second kappa shape index (κ2) is 11.1. The third kappa shape index (κ3) is 6.16. The number of carbonyl (C=O) groups is 1. The Morgan fingerprint density at radius 3 is 2.62 bits per heavy atom. The minimum absolute atomic E-state index is 0.136. The van der Waals surface area contributed by atoms with E-state index < -0.39 is 11.9 Å². The number of aryl methyl sites for hydroxylation is 1. The van der Waals surface area contributed by atoms with Crippen LogP contribution in [0.25, 0.3) is 11.4 Å². The van der Waals surface area contributed by atoms with E-state index in [1.165, 1.54) is 0 Å². The Kier molecular flexibility index (Phi) is 7.96. The molecule has 168 valence electrons. The van der Waals surface area contributed by atoms with Gasteiger partial charge >= 0.3 is 5.97 Å². The summed E-state index contributed by atoms with van der Waals surface area (Å²) in [6, 6.07) is 15.1. The number of ether oxygens (including phenoxy) is 1. The third-order valence-corrected chi connectivity index (χ3v) is 4.84. The van der Waals surface area contributed by atoms with Gasteiger partial charge in [0.2, 0.25) is 5.82 Å². The molecule has 0 aliphatic heterocycles. The van der Waals surface area contributed by atoms with E-state index in [4.69, 9.17) is 14.1 Å². The van der Waals surface area contributed by atoms with Crippen molar-refractivity contribution >= 4 is 11.7 Å². The molecule has 0 fully saturated rings. The fraction of sp³-hybridized carbons (Fsp3) is 0.333. The molecule has 0 spiro atoms. The first-order valence-corrected chi connectivity index (χ1v) is 10.5. The van der Waals surface area contributed by atoms with Gasteiger partial charge in [-0.2, -0.15) is 4.98 Å². The van der Waals surface area contributed by atoms with Crippen LogP contribution in [0.2, 0.25) is 0 Å². The van der Waals surface area contributed by atoms with Crippen molar-refractivity contribution < 1.29 is 24.0 Å². The summed E-state index contributed by atoms with van der Waals surface area (Å²) in [4.78, 5) is 21.2. The van der Waals surface area contributed by atoms with Crippen molar-refractivity contribution in [3.63, 3.8) is 0 Å². The molecule has 1 aromatic heterocycles. The number of aliphatic carboxylic acids is 1. The smallest absolute Gasteiger partial charge is 0.312 e. The third-order valence-electron chi connectivity index (χ3n) is 4.84. The summed E-state index contributed by atoms with van der Waals surface area (Å²) < 4.78 is 11.0. The van der Waals surface area contributed by atoms with Gasteiger partial charge in [-0.1, -0.05) is 53.1 Å². The lowest BCUT2D eigenvalue weighted by atomic mass is 9.93. The Bertz CT molecular complexity index is 1060. The molecule has 8 nitrogen and oxygen atoms in total. The molecule has 1 N–H and O–H groups in total. The first-order valence-electron chi connectivity index (χ1n) is 10.5. The highest BCUT2D eigenvalue weighted by Gasteiger charge is 2.24. The van der Waals surface area contributed by atoms with E-state index in [-0.39, 0.29) is 6.61 Å². The SMILES string of the molecule is CCO/N=C(/CC)C(Cc1ccc(OCc2nc(-c3cccc(C)c3)no2)cc1)C(=O)O. The van der Waals surface area contributed by atoms with Crippen LogP contribution in [-0.2, 0) is 22.7 Å². The van der Waals surface area contributed by atoms with Crippen LogP contribution in [0.1, 0.15) is 37.3 Å². The Morgan fingerprint density at radius 1 is 1.19 bits per heavy atom. The van der Waals surface area contributed by atoms with Crippen molar-refractivity contribution in [1.82, 2.24) is 10.1 Å². The maximum atomic E-state index is 11.7. The van der Waals surface area contributed by atoms with Crippen LogP contribution in [0, 0.1) is 12.8 Å². The average Bonchev–Trinajstić information content (AvgIpc) is 3.27. The van der Waals surface area contributed by atoms with E-state index >= 15 is 0 Å². The highest BCUT2D eigenvalue weighted by molar-refractivity contribution is 6.01. The van der Waals surface area contributed by atoms with Crippen molar-refractivity contribution in [3.05, 3.63) is 65.5 Å². The molecule has 0 saturated carbocycles. The fourth-order valence-electron chi connectivity index (χ4n) is 3.19. The van der Waals surface area contributed by atoms with E-state index in [0.717, 1.165) is 16.7 Å². The van der Waals surface area contributed by atoms with E-state index in [2.05, 4.69) is 15.3 Å². The molecule has 0 bridgehead atoms. The molecule has 3 rings (SSSR count). The summed E-state index contributed by atoms with van der Waals surface area (Å²) in [5, 5.41) is 17.6. The van der Waals surface area contributed by atoms with Gasteiger partial charge in [0.05, 0.1) is 5.71 Å². The van der Waals surface area contributed by atoms with Crippen LogP contribution in [0.15, 0.2) is 58.2 Å². The molecule has 8 heteroatoms. The molecule has 1 atom stereocenters. The molecular formula is C24H27N3O5. The Hall–Kier alpha value is -3.68. The molecule has 1 unspecified atom stereocenters. The minimum atomic E-state index is -0.925. The van der Waals surface area contributed by atoms with Crippen LogP contribution in [0.4, 0.5) is 0 Å². The minimum Gasteiger partial charge on any atom is -0.484 e. The lowest BCUT2D eigenvalue weighted by Gasteiger charge is -2.14. The number of benzene rings is 2. The Morgan fingerprint density at radius 2 is 1.97 bits per heavy atom. The summed E-state index contributed by atoms with van der Waals surface area (Å²) in [6.07, 6.45) is 0.825. The number of hydrogen-bond donors (Lipinski definition) is 1. The molecule has 2 aromatic carbocycles. The number of carboxylic acid groups (broad SMARTS) is 1. The zero-order chi connectivity index (χ0) is 22.9. The maximum absolute atomic E-state index is 11.7. The summed E-state index contributed by atoms with van der Waals surface area (Å²) in [5.41, 5.74) is 3.38. The standard InChI is InChI=1S/C24H27N3O5/c1-4-21(26-31-5-2)20(24(28)29)14-17-9-11-19(12-10-17)30-15-22-25-23(27-32-22)18-8-6-7-16(3)13-18/h6-13,20H,4-5,14-15H2,1-3H3,(H,28,29)/b26-21-. The van der Waals surface area contributed by atoms with E-state index in [0.29, 0.717) is 42.6 Å². The zero-order valence-electron chi connectivity index (χ0n) is 18.4. The summed E-state index contributed by atoms with van der Waals surface area (Å²) in [6.45, 7) is 6.21. The van der Waals surface area contributed by atoms with E-state index in [9.17, 15) is 9.90 Å². The lowest BCUT2D eigenvalue weighted by molar-refractivity contribution is -0.139. The van der Waals surface area contributed by atoms with Crippen LogP contribution in [0.5, 0.6) is 5.75 Å². The van der Waals surface area contributed by atoms with Crippen molar-refractivity contribution in [2.24, 2.45) is 11.1 Å². The van der Waals surface area contributed by atoms with Gasteiger partial charge in [0.15, 0.2) is 6.61 Å².